The lowest BCUT2D eigenvalue weighted by Crippen LogP contribution is -2.37. The van der Waals surface area contributed by atoms with E-state index in [2.05, 4.69) is 20.3 Å². The van der Waals surface area contributed by atoms with Crippen LogP contribution in [-0.2, 0) is 11.3 Å². The second kappa shape index (κ2) is 8.98. The van der Waals surface area contributed by atoms with Gasteiger partial charge in [-0.05, 0) is 18.9 Å². The molecule has 1 aliphatic heterocycles. The number of hydrogen-bond donors (Lipinski definition) is 2. The quantitative estimate of drug-likeness (QED) is 0.426. The number of nitrogens with zero attached hydrogens (tertiary/aromatic N) is 4. The minimum atomic E-state index is 0. The van der Waals surface area contributed by atoms with Crippen molar-refractivity contribution in [2.75, 3.05) is 32.1 Å². The topological polar surface area (TPSA) is 88.7 Å². The predicted octanol–water partition coefficient (Wildman–Crippen LogP) is 0.744. The maximum absolute atomic E-state index is 5.83. The third-order valence-electron chi connectivity index (χ3n) is 3.05. The minimum Gasteiger partial charge on any atom is -0.376 e. The fraction of sp³-hybridized carbons (Fsp3) is 0.615. The fourth-order valence-electron chi connectivity index (χ4n) is 1.93. The van der Waals surface area contributed by atoms with Crippen LogP contribution in [0.3, 0.4) is 0 Å². The summed E-state index contributed by atoms with van der Waals surface area (Å²) in [4.78, 5) is 14.7. The normalized spacial score (nSPS) is 18.2. The maximum atomic E-state index is 5.83. The summed E-state index contributed by atoms with van der Waals surface area (Å²) in [5, 5.41) is 3.08. The highest BCUT2D eigenvalue weighted by atomic mass is 127. The molecule has 0 aromatic carbocycles. The molecule has 1 aromatic heterocycles. The molecule has 1 unspecified atom stereocenters. The summed E-state index contributed by atoms with van der Waals surface area (Å²) < 4.78 is 5.51. The fourth-order valence-corrected chi connectivity index (χ4v) is 1.93. The number of anilines is 1. The standard InChI is InChI=1S/C13H22N6O.HI/c1-19(2)13-15-6-5-10(18-13)8-16-12(14)17-9-11-4-3-7-20-11;/h5-6,11H,3-4,7-9H2,1-2H3,(H3,14,16,17);1H. The van der Waals surface area contributed by atoms with Crippen molar-refractivity contribution in [1.82, 2.24) is 15.3 Å². The van der Waals surface area contributed by atoms with E-state index in [4.69, 9.17) is 10.5 Å². The first-order valence-corrected chi connectivity index (χ1v) is 6.80. The van der Waals surface area contributed by atoms with Crippen LogP contribution in [-0.4, -0.2) is 49.3 Å². The van der Waals surface area contributed by atoms with E-state index in [1.54, 1.807) is 6.20 Å². The Morgan fingerprint density at radius 1 is 1.57 bits per heavy atom. The number of ether oxygens (including phenoxy) is 1. The lowest BCUT2D eigenvalue weighted by atomic mass is 10.2. The molecule has 0 bridgehead atoms. The molecule has 2 rings (SSSR count). The van der Waals surface area contributed by atoms with Gasteiger partial charge in [0.1, 0.15) is 0 Å². The summed E-state index contributed by atoms with van der Waals surface area (Å²) >= 11 is 0. The van der Waals surface area contributed by atoms with Gasteiger partial charge >= 0.3 is 0 Å². The molecule has 8 heteroatoms. The van der Waals surface area contributed by atoms with E-state index in [-0.39, 0.29) is 30.1 Å². The van der Waals surface area contributed by atoms with E-state index < -0.39 is 0 Å². The van der Waals surface area contributed by atoms with Crippen LogP contribution in [0.2, 0.25) is 0 Å². The van der Waals surface area contributed by atoms with Crippen LogP contribution in [0.4, 0.5) is 5.95 Å². The van der Waals surface area contributed by atoms with Crippen molar-refractivity contribution < 1.29 is 4.74 Å². The number of aromatic nitrogens is 2. The number of rotatable bonds is 5. The van der Waals surface area contributed by atoms with Crippen LogP contribution < -0.4 is 16.0 Å². The van der Waals surface area contributed by atoms with Gasteiger partial charge in [-0.3, -0.25) is 0 Å². The van der Waals surface area contributed by atoms with Gasteiger partial charge in [0.2, 0.25) is 5.95 Å². The second-order valence-corrected chi connectivity index (χ2v) is 4.96. The van der Waals surface area contributed by atoms with Crippen LogP contribution in [0.5, 0.6) is 0 Å². The molecule has 7 nitrogen and oxygen atoms in total. The molecule has 0 amide bonds. The van der Waals surface area contributed by atoms with E-state index in [9.17, 15) is 0 Å². The van der Waals surface area contributed by atoms with E-state index >= 15 is 0 Å². The van der Waals surface area contributed by atoms with Gasteiger partial charge in [0.05, 0.1) is 18.3 Å². The van der Waals surface area contributed by atoms with Gasteiger partial charge in [0, 0.05) is 33.4 Å². The largest absolute Gasteiger partial charge is 0.376 e. The van der Waals surface area contributed by atoms with Crippen molar-refractivity contribution in [3.8, 4) is 0 Å². The predicted molar refractivity (Wildman–Crippen MR) is 94.1 cm³/mol. The van der Waals surface area contributed by atoms with Crippen molar-refractivity contribution in [3.05, 3.63) is 18.0 Å². The molecule has 1 fully saturated rings. The molecule has 2 heterocycles. The smallest absolute Gasteiger partial charge is 0.225 e. The number of nitrogens with one attached hydrogen (secondary N) is 1. The first kappa shape index (κ1) is 17.9. The molecule has 1 aromatic rings. The lowest BCUT2D eigenvalue weighted by molar-refractivity contribution is 0.114. The summed E-state index contributed by atoms with van der Waals surface area (Å²) in [6.45, 7) is 1.99. The van der Waals surface area contributed by atoms with Gasteiger partial charge in [-0.25, -0.2) is 15.0 Å². The molecular weight excluding hydrogens is 383 g/mol. The van der Waals surface area contributed by atoms with E-state index in [0.717, 1.165) is 25.1 Å². The lowest BCUT2D eigenvalue weighted by Gasteiger charge is -2.11. The molecule has 3 N–H and O–H groups in total. The Kier molecular flexibility index (Phi) is 7.65. The second-order valence-electron chi connectivity index (χ2n) is 4.96. The molecule has 1 saturated heterocycles. The SMILES string of the molecule is CN(C)c1nccc(CN=C(N)NCC2CCCO2)n1.I. The van der Waals surface area contributed by atoms with Gasteiger partial charge in [-0.1, -0.05) is 0 Å². The van der Waals surface area contributed by atoms with Gasteiger partial charge in [-0.15, -0.1) is 24.0 Å². The van der Waals surface area contributed by atoms with Crippen LogP contribution >= 0.6 is 24.0 Å². The van der Waals surface area contributed by atoms with Gasteiger partial charge in [0.25, 0.3) is 0 Å². The third kappa shape index (κ3) is 6.00. The number of hydrogen-bond acceptors (Lipinski definition) is 5. The maximum Gasteiger partial charge on any atom is 0.225 e. The minimum absolute atomic E-state index is 0. The molecule has 21 heavy (non-hydrogen) atoms. The Labute approximate surface area is 142 Å². The van der Waals surface area contributed by atoms with E-state index in [1.165, 1.54) is 0 Å². The van der Waals surface area contributed by atoms with Crippen LogP contribution in [0.15, 0.2) is 17.3 Å². The van der Waals surface area contributed by atoms with Crippen LogP contribution in [0, 0.1) is 0 Å². The van der Waals surface area contributed by atoms with Gasteiger partial charge < -0.3 is 20.7 Å². The summed E-state index contributed by atoms with van der Waals surface area (Å²) in [7, 11) is 3.81. The summed E-state index contributed by atoms with van der Waals surface area (Å²) in [6, 6.07) is 1.84. The molecule has 0 aliphatic carbocycles. The number of halogens is 1. The van der Waals surface area contributed by atoms with E-state index in [0.29, 0.717) is 25.0 Å². The zero-order chi connectivity index (χ0) is 14.4. The number of nitrogens with two attached hydrogens (primary N) is 1. The molecule has 0 spiro atoms. The highest BCUT2D eigenvalue weighted by Gasteiger charge is 2.14. The van der Waals surface area contributed by atoms with Crippen LogP contribution in [0.1, 0.15) is 18.5 Å². The zero-order valence-corrected chi connectivity index (χ0v) is 14.8. The average molecular weight is 406 g/mol. The Morgan fingerprint density at radius 3 is 3.05 bits per heavy atom. The average Bonchev–Trinajstić information content (AvgIpc) is 2.96. The molecule has 1 aliphatic rings. The molecule has 0 saturated carbocycles. The van der Waals surface area contributed by atoms with Crippen molar-refractivity contribution in [2.24, 2.45) is 10.7 Å². The molecular formula is C13H23IN6O. The zero-order valence-electron chi connectivity index (χ0n) is 12.5. The first-order valence-electron chi connectivity index (χ1n) is 6.80. The Hall–Kier alpha value is -1.16. The third-order valence-corrected chi connectivity index (χ3v) is 3.05. The van der Waals surface area contributed by atoms with Crippen LogP contribution in [0.25, 0.3) is 0 Å². The monoisotopic (exact) mass is 406 g/mol. The molecule has 118 valence electrons. The Balaban J connectivity index is 0.00000220. The summed E-state index contributed by atoms with van der Waals surface area (Å²) in [5.74, 6) is 1.09. The van der Waals surface area contributed by atoms with Gasteiger partial charge in [0.15, 0.2) is 5.96 Å². The van der Waals surface area contributed by atoms with Crippen molar-refractivity contribution >= 4 is 35.9 Å². The highest BCUT2D eigenvalue weighted by molar-refractivity contribution is 14.0. The van der Waals surface area contributed by atoms with Crippen molar-refractivity contribution in [1.29, 1.82) is 0 Å². The van der Waals surface area contributed by atoms with Gasteiger partial charge in [-0.2, -0.15) is 0 Å². The van der Waals surface area contributed by atoms with Crippen molar-refractivity contribution in [3.63, 3.8) is 0 Å². The van der Waals surface area contributed by atoms with Crippen molar-refractivity contribution in [2.45, 2.75) is 25.5 Å². The van der Waals surface area contributed by atoms with E-state index in [1.807, 2.05) is 25.1 Å². The molecule has 0 radical (unpaired) electrons. The number of guanidine groups is 1. The molecule has 1 atom stereocenters. The number of aliphatic imine (C=N–C) groups is 1. The first-order chi connectivity index (χ1) is 9.65. The highest BCUT2D eigenvalue weighted by Crippen LogP contribution is 2.10. The summed E-state index contributed by atoms with van der Waals surface area (Å²) in [6.07, 6.45) is 4.18. The Bertz CT molecular complexity index is 462. The Morgan fingerprint density at radius 2 is 2.38 bits per heavy atom. The summed E-state index contributed by atoms with van der Waals surface area (Å²) in [5.41, 5.74) is 6.67.